The van der Waals surface area contributed by atoms with Crippen molar-refractivity contribution in [1.82, 2.24) is 0 Å². The van der Waals surface area contributed by atoms with Gasteiger partial charge in [-0.1, -0.05) is 30.3 Å². The van der Waals surface area contributed by atoms with Crippen molar-refractivity contribution in [2.45, 2.75) is 33.2 Å². The summed E-state index contributed by atoms with van der Waals surface area (Å²) in [4.78, 5) is 6.97. The number of benzene rings is 2. The highest BCUT2D eigenvalue weighted by atomic mass is 15.2. The van der Waals surface area contributed by atoms with Gasteiger partial charge in [-0.25, -0.2) is 0 Å². The quantitative estimate of drug-likeness (QED) is 0.680. The van der Waals surface area contributed by atoms with Crippen LogP contribution in [0, 0.1) is 6.92 Å². The highest BCUT2D eigenvalue weighted by molar-refractivity contribution is 5.88. The van der Waals surface area contributed by atoms with Gasteiger partial charge in [0, 0.05) is 24.5 Å². The third kappa shape index (κ3) is 2.94. The molecule has 2 nitrogen and oxygen atoms in total. The zero-order valence-corrected chi connectivity index (χ0v) is 14.6. The molecule has 0 aromatic heterocycles. The van der Waals surface area contributed by atoms with Crippen LogP contribution >= 0.6 is 0 Å². The number of para-hydroxylation sites is 1. The summed E-state index contributed by atoms with van der Waals surface area (Å²) in [6.07, 6.45) is 4.28. The lowest BCUT2D eigenvalue weighted by Gasteiger charge is -2.40. The van der Waals surface area contributed by atoms with Crippen molar-refractivity contribution in [3.8, 4) is 0 Å². The third-order valence-electron chi connectivity index (χ3n) is 4.71. The molecule has 3 rings (SSSR count). The van der Waals surface area contributed by atoms with Crippen molar-refractivity contribution >= 4 is 23.2 Å². The molecule has 0 saturated carbocycles. The van der Waals surface area contributed by atoms with Crippen molar-refractivity contribution in [3.63, 3.8) is 0 Å². The normalized spacial score (nSPS) is 16.4. The largest absolute Gasteiger partial charge is 0.366 e. The minimum absolute atomic E-state index is 0.0494. The summed E-state index contributed by atoms with van der Waals surface area (Å²) in [5.74, 6) is 0. The molecule has 23 heavy (non-hydrogen) atoms. The number of rotatable bonds is 2. The Hall–Kier alpha value is -2.35. The SMILES string of the molecule is CC1=CC(C)(C)N(C)c2ccc(C=Nc3ccccc3C)cc21. The molecular weight excluding hydrogens is 280 g/mol. The average Bonchev–Trinajstić information content (AvgIpc) is 2.51. The van der Waals surface area contributed by atoms with Crippen LogP contribution in [-0.2, 0) is 0 Å². The second kappa shape index (κ2) is 5.69. The second-order valence-electron chi connectivity index (χ2n) is 6.86. The Balaban J connectivity index is 1.96. The van der Waals surface area contributed by atoms with Gasteiger partial charge < -0.3 is 4.90 Å². The lowest BCUT2D eigenvalue weighted by atomic mass is 9.89. The molecule has 118 valence electrons. The lowest BCUT2D eigenvalue weighted by Crippen LogP contribution is -2.42. The summed E-state index contributed by atoms with van der Waals surface area (Å²) in [6, 6.07) is 14.8. The van der Waals surface area contributed by atoms with Crippen molar-refractivity contribution in [2.24, 2.45) is 4.99 Å². The molecule has 2 aromatic carbocycles. The number of nitrogens with zero attached hydrogens (tertiary/aromatic N) is 2. The smallest absolute Gasteiger partial charge is 0.0659 e. The molecular formula is C21H24N2. The number of aliphatic imine (C=N–C) groups is 1. The van der Waals surface area contributed by atoms with E-state index in [2.05, 4.69) is 75.0 Å². The number of hydrogen-bond acceptors (Lipinski definition) is 2. The van der Waals surface area contributed by atoms with E-state index in [4.69, 9.17) is 0 Å². The first kappa shape index (κ1) is 15.5. The molecule has 2 aromatic rings. The van der Waals surface area contributed by atoms with Crippen molar-refractivity contribution in [1.29, 1.82) is 0 Å². The van der Waals surface area contributed by atoms with E-state index in [-0.39, 0.29) is 5.54 Å². The molecule has 1 aliphatic heterocycles. The van der Waals surface area contributed by atoms with Gasteiger partial charge >= 0.3 is 0 Å². The van der Waals surface area contributed by atoms with Crippen molar-refractivity contribution in [2.75, 3.05) is 11.9 Å². The lowest BCUT2D eigenvalue weighted by molar-refractivity contribution is 0.598. The minimum atomic E-state index is 0.0494. The number of hydrogen-bond donors (Lipinski definition) is 0. The number of anilines is 1. The topological polar surface area (TPSA) is 15.6 Å². The highest BCUT2D eigenvalue weighted by Gasteiger charge is 2.28. The van der Waals surface area contributed by atoms with E-state index in [0.29, 0.717) is 0 Å². The maximum Gasteiger partial charge on any atom is 0.0659 e. The van der Waals surface area contributed by atoms with Crippen LogP contribution in [0.5, 0.6) is 0 Å². The Morgan fingerprint density at radius 2 is 1.78 bits per heavy atom. The van der Waals surface area contributed by atoms with Gasteiger partial charge in [0.25, 0.3) is 0 Å². The molecule has 1 heterocycles. The zero-order valence-electron chi connectivity index (χ0n) is 14.6. The zero-order chi connectivity index (χ0) is 16.6. The summed E-state index contributed by atoms with van der Waals surface area (Å²) in [5.41, 5.74) is 7.30. The highest BCUT2D eigenvalue weighted by Crippen LogP contribution is 2.37. The summed E-state index contributed by atoms with van der Waals surface area (Å²) in [7, 11) is 2.16. The molecule has 0 unspecified atom stereocenters. The molecule has 1 aliphatic rings. The van der Waals surface area contributed by atoms with Gasteiger partial charge in [-0.2, -0.15) is 0 Å². The minimum Gasteiger partial charge on any atom is -0.366 e. The van der Waals surface area contributed by atoms with E-state index in [1.807, 2.05) is 24.4 Å². The molecule has 0 atom stereocenters. The summed E-state index contributed by atoms with van der Waals surface area (Å²) >= 11 is 0. The molecule has 0 spiro atoms. The van der Waals surface area contributed by atoms with E-state index in [1.54, 1.807) is 0 Å². The van der Waals surface area contributed by atoms with Gasteiger partial charge in [-0.3, -0.25) is 4.99 Å². The Labute approximate surface area is 139 Å². The Morgan fingerprint density at radius 3 is 2.52 bits per heavy atom. The third-order valence-corrected chi connectivity index (χ3v) is 4.71. The molecule has 0 aliphatic carbocycles. The molecule has 0 saturated heterocycles. The fourth-order valence-corrected chi connectivity index (χ4v) is 3.11. The van der Waals surface area contributed by atoms with Gasteiger partial charge in [0.15, 0.2) is 0 Å². The van der Waals surface area contributed by atoms with E-state index >= 15 is 0 Å². The van der Waals surface area contributed by atoms with E-state index in [0.717, 1.165) is 11.3 Å². The predicted octanol–water partition coefficient (Wildman–Crippen LogP) is 5.38. The summed E-state index contributed by atoms with van der Waals surface area (Å²) < 4.78 is 0. The van der Waals surface area contributed by atoms with Gasteiger partial charge in [-0.05, 0) is 62.6 Å². The molecule has 0 radical (unpaired) electrons. The molecule has 0 amide bonds. The molecule has 0 fully saturated rings. The van der Waals surface area contributed by atoms with Gasteiger partial charge in [-0.15, -0.1) is 0 Å². The van der Waals surface area contributed by atoms with Crippen molar-refractivity contribution in [3.05, 3.63) is 65.2 Å². The number of allylic oxidation sites excluding steroid dienone is 1. The second-order valence-corrected chi connectivity index (χ2v) is 6.86. The Kier molecular flexibility index (Phi) is 3.85. The van der Waals surface area contributed by atoms with Gasteiger partial charge in [0.2, 0.25) is 0 Å². The van der Waals surface area contributed by atoms with Crippen LogP contribution in [0.2, 0.25) is 0 Å². The van der Waals surface area contributed by atoms with E-state index in [1.165, 1.54) is 22.4 Å². The van der Waals surface area contributed by atoms with Crippen LogP contribution < -0.4 is 4.90 Å². The number of likely N-dealkylation sites (N-methyl/N-ethyl adjacent to an activating group) is 1. The van der Waals surface area contributed by atoms with Crippen LogP contribution in [0.15, 0.2) is 53.5 Å². The first-order chi connectivity index (χ1) is 10.9. The standard InChI is InChI=1S/C21H24N2/c1-15-8-6-7-9-19(15)22-14-17-10-11-20-18(12-17)16(2)13-21(3,4)23(20)5/h6-14H,1-5H3. The van der Waals surface area contributed by atoms with Crippen molar-refractivity contribution < 1.29 is 0 Å². The van der Waals surface area contributed by atoms with Gasteiger partial charge in [0.1, 0.15) is 0 Å². The monoisotopic (exact) mass is 304 g/mol. The first-order valence-corrected chi connectivity index (χ1v) is 8.06. The van der Waals surface area contributed by atoms with Crippen LogP contribution in [0.1, 0.15) is 37.5 Å². The number of aryl methyl sites for hydroxylation is 1. The molecule has 0 N–H and O–H groups in total. The van der Waals surface area contributed by atoms with Crippen LogP contribution in [0.4, 0.5) is 11.4 Å². The maximum absolute atomic E-state index is 4.64. The fraction of sp³-hybridized carbons (Fsp3) is 0.286. The summed E-state index contributed by atoms with van der Waals surface area (Å²) in [5, 5.41) is 0. The molecule has 2 heteroatoms. The maximum atomic E-state index is 4.64. The average molecular weight is 304 g/mol. The predicted molar refractivity (Wildman–Crippen MR) is 101 cm³/mol. The van der Waals surface area contributed by atoms with Crippen LogP contribution in [0.25, 0.3) is 5.57 Å². The number of fused-ring (bicyclic) bond motifs is 1. The molecule has 0 bridgehead atoms. The Morgan fingerprint density at radius 1 is 1.04 bits per heavy atom. The Bertz CT molecular complexity index is 797. The first-order valence-electron chi connectivity index (χ1n) is 8.06. The van der Waals surface area contributed by atoms with Gasteiger partial charge in [0.05, 0.1) is 11.2 Å². The van der Waals surface area contributed by atoms with E-state index in [9.17, 15) is 0 Å². The van der Waals surface area contributed by atoms with Crippen LogP contribution in [0.3, 0.4) is 0 Å². The fourth-order valence-electron chi connectivity index (χ4n) is 3.11. The summed E-state index contributed by atoms with van der Waals surface area (Å²) in [6.45, 7) is 8.76. The van der Waals surface area contributed by atoms with Crippen LogP contribution in [-0.4, -0.2) is 18.8 Å². The van der Waals surface area contributed by atoms with E-state index < -0.39 is 0 Å².